The molecule has 7 nitrogen and oxygen atoms in total. The van der Waals surface area contributed by atoms with Crippen molar-refractivity contribution in [2.75, 3.05) is 38.2 Å². The van der Waals surface area contributed by atoms with Gasteiger partial charge in [-0.3, -0.25) is 10.00 Å². The fraction of sp³-hybridized carbons (Fsp3) is 0.429. The standard InChI is InChI=1S/C28H35N5O2/c1-21(2)18-31-13-11-28(12-14-31)20-32(25-9-7-23(8-10-25)24-16-29-30-17-24)27(34)33(28)19-22-5-4-6-26(15-22)35-3/h4-10,15-17,21H,11-14,18-20H2,1-3H3,(H,29,30). The van der Waals surface area contributed by atoms with E-state index in [0.29, 0.717) is 12.5 Å². The summed E-state index contributed by atoms with van der Waals surface area (Å²) < 4.78 is 5.44. The van der Waals surface area contributed by atoms with E-state index < -0.39 is 0 Å². The molecule has 0 unspecified atom stereocenters. The number of urea groups is 1. The van der Waals surface area contributed by atoms with Crippen molar-refractivity contribution in [1.29, 1.82) is 0 Å². The van der Waals surface area contributed by atoms with Crippen LogP contribution in [0.2, 0.25) is 0 Å². The zero-order valence-corrected chi connectivity index (χ0v) is 20.9. The molecule has 0 aliphatic carbocycles. The van der Waals surface area contributed by atoms with Crippen LogP contribution in [-0.4, -0.2) is 64.9 Å². The van der Waals surface area contributed by atoms with E-state index in [9.17, 15) is 4.79 Å². The van der Waals surface area contributed by atoms with E-state index in [0.717, 1.165) is 67.1 Å². The predicted octanol–water partition coefficient (Wildman–Crippen LogP) is 5.02. The lowest BCUT2D eigenvalue weighted by molar-refractivity contribution is 0.0672. The molecule has 0 radical (unpaired) electrons. The number of piperidine rings is 1. The molecule has 2 amide bonds. The maximum Gasteiger partial charge on any atom is 0.325 e. The first kappa shape index (κ1) is 23.4. The molecule has 2 aliphatic rings. The number of carbonyl (C=O) groups is 1. The Hall–Kier alpha value is -3.32. The van der Waals surface area contributed by atoms with Crippen LogP contribution >= 0.6 is 0 Å². The van der Waals surface area contributed by atoms with Gasteiger partial charge in [0.2, 0.25) is 0 Å². The van der Waals surface area contributed by atoms with Crippen LogP contribution in [0, 0.1) is 5.92 Å². The molecular weight excluding hydrogens is 438 g/mol. The molecule has 2 fully saturated rings. The summed E-state index contributed by atoms with van der Waals surface area (Å²) in [6.07, 6.45) is 5.66. The van der Waals surface area contributed by atoms with E-state index >= 15 is 0 Å². The zero-order valence-electron chi connectivity index (χ0n) is 20.9. The number of aromatic nitrogens is 2. The van der Waals surface area contributed by atoms with Crippen molar-refractivity contribution in [3.8, 4) is 16.9 Å². The number of H-pyrrole nitrogens is 1. The van der Waals surface area contributed by atoms with Crippen LogP contribution in [0.5, 0.6) is 5.75 Å². The molecule has 0 saturated carbocycles. The Morgan fingerprint density at radius 1 is 1.09 bits per heavy atom. The number of ether oxygens (including phenoxy) is 1. The number of carbonyl (C=O) groups excluding carboxylic acids is 1. The molecule has 0 atom stereocenters. The van der Waals surface area contributed by atoms with E-state index in [2.05, 4.69) is 64.2 Å². The highest BCUT2D eigenvalue weighted by molar-refractivity contribution is 5.95. The Balaban J connectivity index is 1.41. The number of aromatic amines is 1. The van der Waals surface area contributed by atoms with Gasteiger partial charge in [-0.2, -0.15) is 5.10 Å². The number of benzene rings is 2. The number of methoxy groups -OCH3 is 1. The number of rotatable bonds is 7. The lowest BCUT2D eigenvalue weighted by atomic mass is 9.86. The van der Waals surface area contributed by atoms with E-state index in [1.807, 2.05) is 35.5 Å². The van der Waals surface area contributed by atoms with Crippen molar-refractivity contribution in [2.45, 2.75) is 38.8 Å². The molecular formula is C28H35N5O2. The van der Waals surface area contributed by atoms with Gasteiger partial charge >= 0.3 is 6.03 Å². The zero-order chi connectivity index (χ0) is 24.4. The summed E-state index contributed by atoms with van der Waals surface area (Å²) in [4.78, 5) is 20.5. The van der Waals surface area contributed by atoms with Crippen molar-refractivity contribution >= 4 is 11.7 Å². The highest BCUT2D eigenvalue weighted by Gasteiger charge is 2.51. The monoisotopic (exact) mass is 473 g/mol. The first-order chi connectivity index (χ1) is 17.0. The summed E-state index contributed by atoms with van der Waals surface area (Å²) in [5, 5.41) is 6.91. The average Bonchev–Trinajstić information content (AvgIpc) is 3.49. The normalized spacial score (nSPS) is 18.1. The molecule has 184 valence electrons. The molecule has 7 heteroatoms. The molecule has 3 heterocycles. The van der Waals surface area contributed by atoms with Gasteiger partial charge in [-0.05, 0) is 54.2 Å². The summed E-state index contributed by atoms with van der Waals surface area (Å²) in [5.41, 5.74) is 3.99. The van der Waals surface area contributed by atoms with E-state index in [-0.39, 0.29) is 11.6 Å². The van der Waals surface area contributed by atoms with Crippen molar-refractivity contribution < 1.29 is 9.53 Å². The second-order valence-corrected chi connectivity index (χ2v) is 10.3. The number of likely N-dealkylation sites (tertiary alicyclic amines) is 1. The van der Waals surface area contributed by atoms with Gasteiger partial charge in [0.1, 0.15) is 5.75 Å². The lowest BCUT2D eigenvalue weighted by Gasteiger charge is -2.44. The first-order valence-corrected chi connectivity index (χ1v) is 12.5. The number of anilines is 1. The molecule has 1 N–H and O–H groups in total. The van der Waals surface area contributed by atoms with Crippen molar-refractivity contribution in [3.63, 3.8) is 0 Å². The molecule has 2 aromatic carbocycles. The van der Waals surface area contributed by atoms with Gasteiger partial charge in [-0.15, -0.1) is 0 Å². The predicted molar refractivity (Wildman–Crippen MR) is 139 cm³/mol. The lowest BCUT2D eigenvalue weighted by Crippen LogP contribution is -2.54. The van der Waals surface area contributed by atoms with E-state index in [1.54, 1.807) is 7.11 Å². The molecule has 3 aromatic rings. The number of nitrogens with one attached hydrogen (secondary N) is 1. The van der Waals surface area contributed by atoms with E-state index in [4.69, 9.17) is 4.74 Å². The van der Waals surface area contributed by atoms with Crippen molar-refractivity contribution in [2.24, 2.45) is 5.92 Å². The minimum Gasteiger partial charge on any atom is -0.497 e. The Kier molecular flexibility index (Phi) is 6.52. The maximum absolute atomic E-state index is 13.9. The molecule has 1 aromatic heterocycles. The fourth-order valence-electron chi connectivity index (χ4n) is 5.53. The molecule has 35 heavy (non-hydrogen) atoms. The Morgan fingerprint density at radius 3 is 2.51 bits per heavy atom. The Labute approximate surface area is 207 Å². The third kappa shape index (κ3) is 4.78. The van der Waals surface area contributed by atoms with Crippen LogP contribution in [0.3, 0.4) is 0 Å². The quantitative estimate of drug-likeness (QED) is 0.523. The van der Waals surface area contributed by atoms with Crippen LogP contribution in [0.4, 0.5) is 10.5 Å². The van der Waals surface area contributed by atoms with Gasteiger partial charge in [0, 0.05) is 43.6 Å². The summed E-state index contributed by atoms with van der Waals surface area (Å²) in [6.45, 7) is 9.00. The number of hydrogen-bond acceptors (Lipinski definition) is 4. The largest absolute Gasteiger partial charge is 0.497 e. The summed E-state index contributed by atoms with van der Waals surface area (Å²) in [7, 11) is 1.68. The third-order valence-corrected chi connectivity index (χ3v) is 7.38. The smallest absolute Gasteiger partial charge is 0.325 e. The summed E-state index contributed by atoms with van der Waals surface area (Å²) >= 11 is 0. The van der Waals surface area contributed by atoms with Crippen molar-refractivity contribution in [1.82, 2.24) is 20.0 Å². The number of nitrogens with zero attached hydrogens (tertiary/aromatic N) is 4. The third-order valence-electron chi connectivity index (χ3n) is 7.38. The maximum atomic E-state index is 13.9. The highest BCUT2D eigenvalue weighted by Crippen LogP contribution is 2.40. The van der Waals surface area contributed by atoms with Gasteiger partial charge in [0.25, 0.3) is 0 Å². The van der Waals surface area contributed by atoms with Gasteiger partial charge in [-0.1, -0.05) is 38.1 Å². The van der Waals surface area contributed by atoms with Crippen LogP contribution in [0.1, 0.15) is 32.3 Å². The second-order valence-electron chi connectivity index (χ2n) is 10.3. The van der Waals surface area contributed by atoms with Gasteiger partial charge in [0.15, 0.2) is 0 Å². The number of amides is 2. The molecule has 5 rings (SSSR count). The summed E-state index contributed by atoms with van der Waals surface area (Å²) in [6, 6.07) is 16.4. The Morgan fingerprint density at radius 2 is 1.86 bits per heavy atom. The fourth-order valence-corrected chi connectivity index (χ4v) is 5.53. The van der Waals surface area contributed by atoms with Crippen LogP contribution in [-0.2, 0) is 6.54 Å². The number of hydrogen-bond donors (Lipinski definition) is 1. The molecule has 0 bridgehead atoms. The SMILES string of the molecule is COc1cccc(CN2C(=O)N(c3ccc(-c4cn[nH]c4)cc3)CC23CCN(CC(C)C)CC3)c1. The van der Waals surface area contributed by atoms with Crippen molar-refractivity contribution in [3.05, 3.63) is 66.5 Å². The van der Waals surface area contributed by atoms with Gasteiger partial charge < -0.3 is 14.5 Å². The highest BCUT2D eigenvalue weighted by atomic mass is 16.5. The molecule has 1 spiro atoms. The van der Waals surface area contributed by atoms with Gasteiger partial charge in [0.05, 0.1) is 25.4 Å². The van der Waals surface area contributed by atoms with Crippen LogP contribution in [0.15, 0.2) is 60.9 Å². The van der Waals surface area contributed by atoms with Crippen LogP contribution in [0.25, 0.3) is 11.1 Å². The van der Waals surface area contributed by atoms with Crippen LogP contribution < -0.4 is 9.64 Å². The van der Waals surface area contributed by atoms with E-state index in [1.165, 1.54) is 0 Å². The minimum atomic E-state index is -0.170. The average molecular weight is 474 g/mol. The minimum absolute atomic E-state index is 0.0844. The molecule has 2 saturated heterocycles. The van der Waals surface area contributed by atoms with Gasteiger partial charge in [-0.25, -0.2) is 4.79 Å². The first-order valence-electron chi connectivity index (χ1n) is 12.5. The second kappa shape index (κ2) is 9.74. The summed E-state index contributed by atoms with van der Waals surface area (Å²) in [5.74, 6) is 1.47. The topological polar surface area (TPSA) is 64.7 Å². The molecule has 2 aliphatic heterocycles. The Bertz CT molecular complexity index is 1130.